The van der Waals surface area contributed by atoms with Gasteiger partial charge in [0.25, 0.3) is 0 Å². The van der Waals surface area contributed by atoms with Crippen LogP contribution in [-0.4, -0.2) is 37.9 Å². The van der Waals surface area contributed by atoms with Gasteiger partial charge in [-0.2, -0.15) is 0 Å². The van der Waals surface area contributed by atoms with Crippen molar-refractivity contribution in [1.82, 2.24) is 5.32 Å². The van der Waals surface area contributed by atoms with Gasteiger partial charge in [-0.25, -0.2) is 4.79 Å². The molecule has 3 rings (SSSR count). The summed E-state index contributed by atoms with van der Waals surface area (Å²) in [5.41, 5.74) is 1.07. The SMILES string of the molecule is CC(C)(C)[Si](C)(C)OCC[C@H](NC(=O)C(c1ccccc1)(c1ccccc1)c1ccccc1)C(=O)O. The van der Waals surface area contributed by atoms with E-state index in [1.807, 2.05) is 91.0 Å². The Morgan fingerprint density at radius 1 is 0.806 bits per heavy atom. The minimum Gasteiger partial charge on any atom is -0.480 e. The Labute approximate surface area is 215 Å². The summed E-state index contributed by atoms with van der Waals surface area (Å²) in [5, 5.41) is 12.9. The van der Waals surface area contributed by atoms with Gasteiger partial charge in [0.05, 0.1) is 0 Å². The van der Waals surface area contributed by atoms with Crippen LogP contribution in [0.4, 0.5) is 0 Å². The third-order valence-corrected chi connectivity index (χ3v) is 11.8. The third-order valence-electron chi connectivity index (χ3n) is 7.24. The molecule has 3 aromatic rings. The van der Waals surface area contributed by atoms with E-state index in [-0.39, 0.29) is 24.0 Å². The molecule has 1 atom stereocenters. The molecule has 0 aliphatic carbocycles. The van der Waals surface area contributed by atoms with Crippen molar-refractivity contribution in [2.24, 2.45) is 0 Å². The molecule has 1 amide bonds. The van der Waals surface area contributed by atoms with Gasteiger partial charge in [-0.15, -0.1) is 0 Å². The molecule has 0 heterocycles. The lowest BCUT2D eigenvalue weighted by atomic mass is 9.68. The summed E-state index contributed by atoms with van der Waals surface area (Å²) in [6.45, 7) is 11.0. The molecule has 0 fully saturated rings. The summed E-state index contributed by atoms with van der Waals surface area (Å²) >= 11 is 0. The predicted octanol–water partition coefficient (Wildman–Crippen LogP) is 6.00. The maximum atomic E-state index is 14.3. The molecular weight excluding hydrogens is 466 g/mol. The summed E-state index contributed by atoms with van der Waals surface area (Å²) in [6.07, 6.45) is 0.183. The molecule has 36 heavy (non-hydrogen) atoms. The Kier molecular flexibility index (Phi) is 8.53. The molecule has 190 valence electrons. The summed E-state index contributed by atoms with van der Waals surface area (Å²) in [5.74, 6) is -1.46. The van der Waals surface area contributed by atoms with Crippen LogP contribution < -0.4 is 5.32 Å². The smallest absolute Gasteiger partial charge is 0.326 e. The standard InChI is InChI=1S/C30H37NO4Si/c1-29(2,3)36(4,5)35-22-21-26(27(32)33)31-28(34)30(23-15-9-6-10-16-23,24-17-11-7-12-18-24)25-19-13-8-14-20-25/h6-20,26H,21-22H2,1-5H3,(H,31,34)(H,32,33)/t26-/m0/s1. The van der Waals surface area contributed by atoms with E-state index < -0.39 is 25.7 Å². The van der Waals surface area contributed by atoms with Crippen molar-refractivity contribution in [3.8, 4) is 0 Å². The van der Waals surface area contributed by atoms with Gasteiger partial charge >= 0.3 is 5.97 Å². The van der Waals surface area contributed by atoms with Gasteiger partial charge in [-0.05, 0) is 34.8 Å². The molecule has 0 aromatic heterocycles. The lowest BCUT2D eigenvalue weighted by Crippen LogP contribution is -2.52. The summed E-state index contributed by atoms with van der Waals surface area (Å²) in [4.78, 5) is 26.6. The van der Waals surface area contributed by atoms with E-state index in [1.54, 1.807) is 0 Å². The van der Waals surface area contributed by atoms with Crippen LogP contribution in [0.3, 0.4) is 0 Å². The maximum Gasteiger partial charge on any atom is 0.326 e. The largest absolute Gasteiger partial charge is 0.480 e. The molecule has 0 spiro atoms. The number of benzene rings is 3. The van der Waals surface area contributed by atoms with Crippen molar-refractivity contribution in [3.05, 3.63) is 108 Å². The topological polar surface area (TPSA) is 75.6 Å². The molecule has 2 N–H and O–H groups in total. The normalized spacial score (nSPS) is 13.1. The zero-order chi connectivity index (χ0) is 26.4. The van der Waals surface area contributed by atoms with Gasteiger partial charge in [-0.3, -0.25) is 4.79 Å². The second-order valence-corrected chi connectivity index (χ2v) is 15.4. The van der Waals surface area contributed by atoms with Crippen LogP contribution in [0, 0.1) is 0 Å². The third kappa shape index (κ3) is 5.77. The zero-order valence-electron chi connectivity index (χ0n) is 21.8. The molecule has 0 radical (unpaired) electrons. The first kappa shape index (κ1) is 27.4. The molecule has 0 saturated heterocycles. The van der Waals surface area contributed by atoms with E-state index in [1.165, 1.54) is 0 Å². The Morgan fingerprint density at radius 3 is 1.53 bits per heavy atom. The van der Waals surface area contributed by atoms with Crippen molar-refractivity contribution in [2.45, 2.75) is 56.8 Å². The number of rotatable bonds is 10. The van der Waals surface area contributed by atoms with E-state index in [0.29, 0.717) is 0 Å². The Balaban J connectivity index is 2.02. The first-order valence-corrected chi connectivity index (χ1v) is 15.3. The number of hydrogen-bond acceptors (Lipinski definition) is 3. The van der Waals surface area contributed by atoms with Crippen molar-refractivity contribution in [2.75, 3.05) is 6.61 Å². The van der Waals surface area contributed by atoms with Crippen LogP contribution in [0.1, 0.15) is 43.9 Å². The van der Waals surface area contributed by atoms with Gasteiger partial charge < -0.3 is 14.8 Å². The molecular formula is C30H37NO4Si. The molecule has 0 saturated carbocycles. The van der Waals surface area contributed by atoms with E-state index in [9.17, 15) is 14.7 Å². The highest BCUT2D eigenvalue weighted by Crippen LogP contribution is 2.40. The second kappa shape index (κ2) is 11.2. The number of carboxylic acid groups (broad SMARTS) is 1. The van der Waals surface area contributed by atoms with E-state index in [4.69, 9.17) is 4.43 Å². The predicted molar refractivity (Wildman–Crippen MR) is 147 cm³/mol. The van der Waals surface area contributed by atoms with Crippen molar-refractivity contribution >= 4 is 20.2 Å². The fraction of sp³-hybridized carbons (Fsp3) is 0.333. The van der Waals surface area contributed by atoms with Crippen LogP contribution in [-0.2, 0) is 19.4 Å². The van der Waals surface area contributed by atoms with Gasteiger partial charge in [0.2, 0.25) is 5.91 Å². The number of amides is 1. The lowest BCUT2D eigenvalue weighted by Gasteiger charge is -2.37. The number of carbonyl (C=O) groups excluding carboxylic acids is 1. The zero-order valence-corrected chi connectivity index (χ0v) is 22.8. The number of aliphatic carboxylic acids is 1. The van der Waals surface area contributed by atoms with Crippen molar-refractivity contribution < 1.29 is 19.1 Å². The molecule has 5 nitrogen and oxygen atoms in total. The average Bonchev–Trinajstić information content (AvgIpc) is 2.85. The van der Waals surface area contributed by atoms with Gasteiger partial charge in [0.15, 0.2) is 8.32 Å². The van der Waals surface area contributed by atoms with Crippen molar-refractivity contribution in [3.63, 3.8) is 0 Å². The molecule has 0 unspecified atom stereocenters. The highest BCUT2D eigenvalue weighted by molar-refractivity contribution is 6.74. The van der Waals surface area contributed by atoms with Crippen LogP contribution in [0.15, 0.2) is 91.0 Å². The number of carboxylic acids is 1. The van der Waals surface area contributed by atoms with Gasteiger partial charge in [0.1, 0.15) is 11.5 Å². The maximum absolute atomic E-state index is 14.3. The summed E-state index contributed by atoms with van der Waals surface area (Å²) < 4.78 is 6.22. The van der Waals surface area contributed by atoms with E-state index in [0.717, 1.165) is 16.7 Å². The minimum absolute atomic E-state index is 0.0120. The van der Waals surface area contributed by atoms with Crippen LogP contribution in [0.2, 0.25) is 18.1 Å². The quantitative estimate of drug-likeness (QED) is 0.263. The van der Waals surface area contributed by atoms with Crippen LogP contribution in [0.25, 0.3) is 0 Å². The van der Waals surface area contributed by atoms with E-state index >= 15 is 0 Å². The minimum atomic E-state index is -2.05. The Hall–Kier alpha value is -3.22. The van der Waals surface area contributed by atoms with Crippen molar-refractivity contribution in [1.29, 1.82) is 0 Å². The van der Waals surface area contributed by atoms with Crippen LogP contribution >= 0.6 is 0 Å². The highest BCUT2D eigenvalue weighted by Gasteiger charge is 2.45. The lowest BCUT2D eigenvalue weighted by molar-refractivity contribution is -0.142. The Morgan fingerprint density at radius 2 is 1.19 bits per heavy atom. The van der Waals surface area contributed by atoms with Crippen LogP contribution in [0.5, 0.6) is 0 Å². The first-order chi connectivity index (χ1) is 17.0. The highest BCUT2D eigenvalue weighted by atomic mass is 28.4. The molecule has 6 heteroatoms. The number of carbonyl (C=O) groups is 2. The monoisotopic (exact) mass is 503 g/mol. The fourth-order valence-electron chi connectivity index (χ4n) is 4.13. The Bertz CT molecular complexity index is 1050. The summed E-state index contributed by atoms with van der Waals surface area (Å²) in [6, 6.07) is 27.5. The average molecular weight is 504 g/mol. The molecule has 0 aliphatic heterocycles. The molecule has 0 aliphatic rings. The van der Waals surface area contributed by atoms with E-state index in [2.05, 4.69) is 39.2 Å². The second-order valence-electron chi connectivity index (χ2n) is 10.6. The fourth-order valence-corrected chi connectivity index (χ4v) is 5.19. The molecule has 3 aromatic carbocycles. The van der Waals surface area contributed by atoms with Gasteiger partial charge in [-0.1, -0.05) is 112 Å². The number of nitrogens with one attached hydrogen (secondary N) is 1. The summed E-state index contributed by atoms with van der Waals surface area (Å²) in [7, 11) is -2.05. The first-order valence-electron chi connectivity index (χ1n) is 12.3. The number of hydrogen-bond donors (Lipinski definition) is 2. The molecule has 0 bridgehead atoms. The van der Waals surface area contributed by atoms with Gasteiger partial charge in [0, 0.05) is 13.0 Å².